The predicted molar refractivity (Wildman–Crippen MR) is 446 cm³/mol. The first kappa shape index (κ1) is 41.9. The molecule has 0 atom stereocenters. The molecule has 107 heavy (non-hydrogen) atoms. The number of nitrogens with zero attached hydrogens (tertiary/aromatic N) is 4. The summed E-state index contributed by atoms with van der Waals surface area (Å²) in [5.41, 5.74) is 12.4. The van der Waals surface area contributed by atoms with Crippen molar-refractivity contribution in [2.24, 2.45) is 0 Å². The molecule has 5 heteroatoms. The lowest BCUT2D eigenvalue weighted by atomic mass is 9.33. The summed E-state index contributed by atoms with van der Waals surface area (Å²) in [6.07, 6.45) is 0. The molecule has 16 aromatic carbocycles. The number of hydrogen-bond donors (Lipinski definition) is 0. The van der Waals surface area contributed by atoms with E-state index in [4.69, 9.17) is 5.48 Å². The fraction of sp³-hybridized carbons (Fsp3) is 0.0588. The molecule has 0 bridgehead atoms. The molecule has 4 nitrogen and oxygen atoms in total. The maximum absolute atomic E-state index is 11.8. The topological polar surface area (TPSA) is 16.3 Å². The molecule has 2 spiro atoms. The number of benzene rings is 16. The molecule has 4 aliphatic carbocycles. The average molecular weight is 1380 g/mol. The van der Waals surface area contributed by atoms with Gasteiger partial charge in [0.1, 0.15) is 0 Å². The SMILES string of the molecule is [2H]c1c([2H])c(-n2c3c([2H])c([2H])c([2H])c([2H])c3c3c([2H])c([2H])c([2H])c([2H])c32)c([2H])c2c1B1c3c(cc(-c4ccc(C(C)(C)C)cc4)cc3N(c3cccc4c3-c3ccccc3C43c4ccccc4-c4ccccc43)c3c([2H])c(-n4c5c([2H])c([2H])c([2H])c([2H])c5c5c([2H])c([2H])c([2H])c([2H])c54)c([2H])c([2H])c31)N2c1cccc2c1-c1ccccc1C21c2ccccc2-c2ccccc21. The van der Waals surface area contributed by atoms with E-state index in [2.05, 4.69) is 118 Å². The molecular weight excluding hydrogens is 1290 g/mol. The number of hydrogen-bond acceptors (Lipinski definition) is 2. The summed E-state index contributed by atoms with van der Waals surface area (Å²) in [7, 11) is 0. The van der Waals surface area contributed by atoms with Gasteiger partial charge in [-0.1, -0.05) is 299 Å². The normalized spacial score (nSPS) is 17.3. The van der Waals surface area contributed by atoms with Gasteiger partial charge in [-0.2, -0.15) is 0 Å². The van der Waals surface area contributed by atoms with Crippen molar-refractivity contribution in [1.82, 2.24) is 9.13 Å². The summed E-state index contributed by atoms with van der Waals surface area (Å²) in [5, 5.41) is -1.39. The van der Waals surface area contributed by atoms with Gasteiger partial charge in [-0.05, 0) is 189 Å². The Morgan fingerprint density at radius 3 is 0.991 bits per heavy atom. The maximum Gasteiger partial charge on any atom is 0.252 e. The molecule has 4 heterocycles. The summed E-state index contributed by atoms with van der Waals surface area (Å²) < 4.78 is 224. The Kier molecular flexibility index (Phi) is 8.33. The van der Waals surface area contributed by atoms with E-state index < -0.39 is 184 Å². The number of fused-ring (bicyclic) bond motifs is 30. The molecule has 2 aliphatic heterocycles. The summed E-state index contributed by atoms with van der Waals surface area (Å²) in [6, 6.07) is 57.8. The molecule has 0 unspecified atom stereocenters. The van der Waals surface area contributed by atoms with Crippen LogP contribution in [0.1, 0.15) is 101 Å². The fourth-order valence-corrected chi connectivity index (χ4v) is 19.5. The molecular formula is C102H67BN4. The van der Waals surface area contributed by atoms with Crippen LogP contribution in [0.3, 0.4) is 0 Å². The standard InChI is InChI=1S/C102H67BN4/c1-100(2,3)64-52-50-62(51-53-64)63-58-95-99-96(59-63)107(92-49-25-43-84-98(92)76-35-9-19-41-82(76)102(84)79-38-16-6-28-69(79)70-29-7-17-39-80(70)102)94-61-66(105-89-46-22-12-32-73(89)74-33-13-23-47-90(74)105)55-57-86(94)103(99)85-56-54-65(104-87-44-20-10-30-71(87)72-31-11-21-45-88(72)104)60-93(85)106(95)91-48-24-42-83-97(91)75-34-8-18-40-81(75)101(83)77-36-14-4-26-67(77)68-27-5-15-37-78(68)101/h4-61H,1-3H3/i10D,11D,12D,13D,20D,21D,22D,23D,30D,31D,32D,33D,44D,45D,46D,47D,54D,55D,56D,57D,60D,61D. The Labute approximate surface area is 652 Å². The second-order valence-corrected chi connectivity index (χ2v) is 29.6. The van der Waals surface area contributed by atoms with Crippen LogP contribution in [0.15, 0.2) is 351 Å². The predicted octanol–water partition coefficient (Wildman–Crippen LogP) is 23.6. The van der Waals surface area contributed by atoms with Crippen molar-refractivity contribution in [3.63, 3.8) is 0 Å². The number of aromatic nitrogens is 2. The Morgan fingerprint density at radius 1 is 0.299 bits per heavy atom. The zero-order valence-electron chi connectivity index (χ0n) is 79.7. The molecule has 0 fully saturated rings. The highest BCUT2D eigenvalue weighted by atomic mass is 15.2. The highest BCUT2D eigenvalue weighted by Crippen LogP contribution is 2.67. The first-order valence-electron chi connectivity index (χ1n) is 47.0. The van der Waals surface area contributed by atoms with E-state index in [-0.39, 0.29) is 49.3 Å². The van der Waals surface area contributed by atoms with Gasteiger partial charge in [0.25, 0.3) is 6.71 Å². The fourth-order valence-electron chi connectivity index (χ4n) is 19.5. The molecule has 2 aromatic heterocycles. The van der Waals surface area contributed by atoms with Gasteiger partial charge < -0.3 is 18.9 Å². The summed E-state index contributed by atoms with van der Waals surface area (Å²) in [5.74, 6) is 0. The van der Waals surface area contributed by atoms with Gasteiger partial charge in [0, 0.05) is 66.8 Å². The first-order chi connectivity index (χ1) is 61.9. The Bertz CT molecular complexity index is 7680. The maximum atomic E-state index is 11.8. The Morgan fingerprint density at radius 2 is 0.626 bits per heavy atom. The van der Waals surface area contributed by atoms with Crippen molar-refractivity contribution in [2.45, 2.75) is 37.0 Å². The van der Waals surface area contributed by atoms with Gasteiger partial charge in [0.2, 0.25) is 0 Å². The van der Waals surface area contributed by atoms with Crippen LogP contribution >= 0.6 is 0 Å². The van der Waals surface area contributed by atoms with Crippen LogP contribution in [0.4, 0.5) is 34.1 Å². The second kappa shape index (κ2) is 21.3. The Hall–Kier alpha value is -13.2. The number of anilines is 6. The average Bonchev–Trinajstić information content (AvgIpc) is 1.63. The molecule has 0 radical (unpaired) electrons. The largest absolute Gasteiger partial charge is 0.311 e. The van der Waals surface area contributed by atoms with Crippen LogP contribution in [0.5, 0.6) is 0 Å². The minimum absolute atomic E-state index is 0.146. The second-order valence-electron chi connectivity index (χ2n) is 29.6. The monoisotopic (exact) mass is 1380 g/mol. The molecule has 0 N–H and O–H groups in total. The lowest BCUT2D eigenvalue weighted by Crippen LogP contribution is -2.61. The van der Waals surface area contributed by atoms with Gasteiger partial charge in [-0.25, -0.2) is 0 Å². The van der Waals surface area contributed by atoms with Crippen molar-refractivity contribution in [3.05, 3.63) is 401 Å². The minimum atomic E-state index is -1.65. The minimum Gasteiger partial charge on any atom is -0.311 e. The van der Waals surface area contributed by atoms with Crippen LogP contribution in [0, 0.1) is 0 Å². The lowest BCUT2D eigenvalue weighted by Gasteiger charge is -2.45. The van der Waals surface area contributed by atoms with Crippen molar-refractivity contribution in [3.8, 4) is 67.0 Å². The first-order valence-corrected chi connectivity index (χ1v) is 36.0. The molecule has 498 valence electrons. The lowest BCUT2D eigenvalue weighted by molar-refractivity contribution is 0.590. The van der Waals surface area contributed by atoms with Crippen LogP contribution in [0.25, 0.3) is 111 Å². The molecule has 6 aliphatic rings. The highest BCUT2D eigenvalue weighted by molar-refractivity contribution is 7.00. The molecule has 0 amide bonds. The third-order valence-corrected chi connectivity index (χ3v) is 23.6. The third kappa shape index (κ3) is 7.53. The quantitative estimate of drug-likeness (QED) is 0.160. The van der Waals surface area contributed by atoms with E-state index in [0.29, 0.717) is 50.5 Å². The van der Waals surface area contributed by atoms with E-state index in [1.165, 1.54) is 0 Å². The number of rotatable bonds is 5. The van der Waals surface area contributed by atoms with Crippen LogP contribution in [-0.2, 0) is 16.2 Å². The molecule has 24 rings (SSSR count). The zero-order chi connectivity index (χ0) is 89.5. The summed E-state index contributed by atoms with van der Waals surface area (Å²) >= 11 is 0. The smallest absolute Gasteiger partial charge is 0.252 e. The van der Waals surface area contributed by atoms with Crippen molar-refractivity contribution in [2.75, 3.05) is 9.80 Å². The van der Waals surface area contributed by atoms with Gasteiger partial charge in [0.05, 0.1) is 74.4 Å². The van der Waals surface area contributed by atoms with Crippen molar-refractivity contribution >= 4 is 101 Å². The van der Waals surface area contributed by atoms with Crippen LogP contribution < -0.4 is 26.2 Å². The number of para-hydroxylation sites is 4. The van der Waals surface area contributed by atoms with E-state index >= 15 is 0 Å². The van der Waals surface area contributed by atoms with Crippen LogP contribution in [-0.4, -0.2) is 15.8 Å². The Balaban J connectivity index is 0.925. The van der Waals surface area contributed by atoms with E-state index in [1.807, 2.05) is 131 Å². The van der Waals surface area contributed by atoms with Gasteiger partial charge in [-0.3, -0.25) is 0 Å². The van der Waals surface area contributed by atoms with Gasteiger partial charge in [-0.15, -0.1) is 0 Å². The van der Waals surface area contributed by atoms with E-state index in [1.54, 1.807) is 0 Å². The van der Waals surface area contributed by atoms with Crippen molar-refractivity contribution < 1.29 is 30.2 Å². The third-order valence-electron chi connectivity index (χ3n) is 23.6. The van der Waals surface area contributed by atoms with Gasteiger partial charge >= 0.3 is 0 Å². The molecule has 0 saturated heterocycles. The van der Waals surface area contributed by atoms with E-state index in [0.717, 1.165) is 92.6 Å². The van der Waals surface area contributed by atoms with Gasteiger partial charge in [0.15, 0.2) is 0 Å². The van der Waals surface area contributed by atoms with Crippen LogP contribution in [0.2, 0.25) is 0 Å². The summed E-state index contributed by atoms with van der Waals surface area (Å²) in [6.45, 7) is 4.69. The highest BCUT2D eigenvalue weighted by Gasteiger charge is 2.56. The molecule has 18 aromatic rings. The summed E-state index contributed by atoms with van der Waals surface area (Å²) in [4.78, 5) is 3.80. The molecule has 0 saturated carbocycles. The van der Waals surface area contributed by atoms with Crippen molar-refractivity contribution in [1.29, 1.82) is 0 Å². The van der Waals surface area contributed by atoms with E-state index in [9.17, 15) is 24.7 Å². The zero-order valence-corrected chi connectivity index (χ0v) is 57.7.